The van der Waals surface area contributed by atoms with Crippen molar-refractivity contribution < 1.29 is 22.7 Å². The first kappa shape index (κ1) is 15.2. The van der Waals surface area contributed by atoms with Crippen molar-refractivity contribution in [1.82, 2.24) is 0 Å². The van der Waals surface area contributed by atoms with Crippen molar-refractivity contribution in [3.05, 3.63) is 53.1 Å². The molecule has 0 N–H and O–H groups in total. The Morgan fingerprint density at radius 1 is 1.36 bits per heavy atom. The van der Waals surface area contributed by atoms with Crippen LogP contribution in [0.15, 0.2) is 42.0 Å². The van der Waals surface area contributed by atoms with E-state index in [0.717, 1.165) is 12.2 Å². The van der Waals surface area contributed by atoms with E-state index in [1.54, 1.807) is 18.2 Å². The molecule has 1 aromatic rings. The fourth-order valence-corrected chi connectivity index (χ4v) is 3.07. The van der Waals surface area contributed by atoms with Gasteiger partial charge in [-0.2, -0.15) is 13.2 Å². The number of carbonyl (C=O) groups is 1. The summed E-state index contributed by atoms with van der Waals surface area (Å²) in [4.78, 5) is 10.9. The van der Waals surface area contributed by atoms with Crippen LogP contribution in [-0.4, -0.2) is 22.9 Å². The van der Waals surface area contributed by atoms with Gasteiger partial charge in [0.25, 0.3) is 0 Å². The van der Waals surface area contributed by atoms with Gasteiger partial charge >= 0.3 is 6.18 Å². The molecule has 116 valence electrons. The minimum Gasteiger partial charge on any atom is -0.483 e. The number of hydrogen-bond donors (Lipinski definition) is 0. The molecule has 1 aliphatic heterocycles. The van der Waals surface area contributed by atoms with Crippen LogP contribution >= 0.6 is 11.6 Å². The molecule has 1 aromatic carbocycles. The van der Waals surface area contributed by atoms with Crippen LogP contribution in [0.3, 0.4) is 0 Å². The maximum atomic E-state index is 12.9. The largest absolute Gasteiger partial charge is 0.483 e. The number of ketones is 1. The number of alkyl halides is 4. The van der Waals surface area contributed by atoms with Crippen LogP contribution in [-0.2, 0) is 6.42 Å². The molecule has 0 amide bonds. The second kappa shape index (κ2) is 4.88. The number of carbonyl (C=O) groups excluding carboxylic acids is 1. The molecule has 1 aliphatic carbocycles. The predicted octanol–water partition coefficient (Wildman–Crippen LogP) is 4.23. The van der Waals surface area contributed by atoms with Crippen molar-refractivity contribution in [2.75, 3.05) is 0 Å². The zero-order valence-electron chi connectivity index (χ0n) is 11.6. The highest BCUT2D eigenvalue weighted by Gasteiger charge is 2.52. The molecule has 0 spiro atoms. The molecule has 2 nitrogen and oxygen atoms in total. The molecule has 0 bridgehead atoms. The van der Waals surface area contributed by atoms with Crippen LogP contribution in [0.2, 0.25) is 0 Å². The van der Waals surface area contributed by atoms with E-state index in [9.17, 15) is 18.0 Å². The van der Waals surface area contributed by atoms with Crippen LogP contribution in [0.5, 0.6) is 5.75 Å². The van der Waals surface area contributed by atoms with Crippen molar-refractivity contribution >= 4 is 17.4 Å². The van der Waals surface area contributed by atoms with Crippen LogP contribution in [0.1, 0.15) is 22.8 Å². The summed E-state index contributed by atoms with van der Waals surface area (Å²) in [6.07, 6.45) is -2.11. The Bertz CT molecular complexity index is 706. The SMILES string of the molecule is CCc1cccc2c1C(=O)C1(Cl)C=C(C(F)(F)F)C=CC1O2. The van der Waals surface area contributed by atoms with Crippen molar-refractivity contribution in [1.29, 1.82) is 0 Å². The summed E-state index contributed by atoms with van der Waals surface area (Å²) in [7, 11) is 0. The lowest BCUT2D eigenvalue weighted by atomic mass is 9.81. The van der Waals surface area contributed by atoms with Crippen molar-refractivity contribution in [2.45, 2.75) is 30.5 Å². The van der Waals surface area contributed by atoms with E-state index >= 15 is 0 Å². The van der Waals surface area contributed by atoms with E-state index < -0.39 is 28.5 Å². The Hall–Kier alpha value is -1.75. The first-order chi connectivity index (χ1) is 10.3. The smallest absolute Gasteiger partial charge is 0.416 e. The van der Waals surface area contributed by atoms with Gasteiger partial charge in [0, 0.05) is 0 Å². The van der Waals surface area contributed by atoms with Crippen molar-refractivity contribution in [3.63, 3.8) is 0 Å². The number of ether oxygens (including phenoxy) is 1. The fourth-order valence-electron chi connectivity index (χ4n) is 2.74. The maximum absolute atomic E-state index is 12.9. The Kier molecular flexibility index (Phi) is 3.36. The van der Waals surface area contributed by atoms with E-state index in [2.05, 4.69) is 0 Å². The van der Waals surface area contributed by atoms with Gasteiger partial charge in [0.2, 0.25) is 0 Å². The zero-order chi connectivity index (χ0) is 16.1. The average Bonchev–Trinajstić information content (AvgIpc) is 2.46. The third kappa shape index (κ3) is 2.15. The van der Waals surface area contributed by atoms with Gasteiger partial charge < -0.3 is 4.74 Å². The number of fused-ring (bicyclic) bond motifs is 2. The van der Waals surface area contributed by atoms with Crippen molar-refractivity contribution in [3.8, 4) is 5.75 Å². The molecular weight excluding hydrogens is 317 g/mol. The second-order valence-electron chi connectivity index (χ2n) is 5.24. The highest BCUT2D eigenvalue weighted by molar-refractivity contribution is 6.41. The summed E-state index contributed by atoms with van der Waals surface area (Å²) >= 11 is 6.28. The molecule has 3 rings (SSSR count). The topological polar surface area (TPSA) is 26.3 Å². The van der Waals surface area contributed by atoms with E-state index in [1.165, 1.54) is 6.08 Å². The summed E-state index contributed by atoms with van der Waals surface area (Å²) < 4.78 is 44.4. The van der Waals surface area contributed by atoms with Gasteiger partial charge in [0.05, 0.1) is 11.1 Å². The number of benzene rings is 1. The van der Waals surface area contributed by atoms with E-state index in [1.807, 2.05) is 6.92 Å². The van der Waals surface area contributed by atoms with Gasteiger partial charge in [-0.05, 0) is 30.2 Å². The molecule has 0 saturated carbocycles. The lowest BCUT2D eigenvalue weighted by Gasteiger charge is -2.38. The molecule has 2 unspecified atom stereocenters. The minimum absolute atomic E-state index is 0.268. The third-order valence-electron chi connectivity index (χ3n) is 3.88. The minimum atomic E-state index is -4.56. The number of rotatable bonds is 1. The summed E-state index contributed by atoms with van der Waals surface area (Å²) in [6.45, 7) is 1.85. The fraction of sp³-hybridized carbons (Fsp3) is 0.312. The zero-order valence-corrected chi connectivity index (χ0v) is 12.3. The molecule has 0 fully saturated rings. The summed E-state index contributed by atoms with van der Waals surface area (Å²) in [5.41, 5.74) is 0.0370. The van der Waals surface area contributed by atoms with Gasteiger partial charge in [0.15, 0.2) is 10.7 Å². The molecule has 22 heavy (non-hydrogen) atoms. The average molecular weight is 329 g/mol. The summed E-state index contributed by atoms with van der Waals surface area (Å²) in [5, 5.41) is 0. The van der Waals surface area contributed by atoms with Crippen LogP contribution in [0.4, 0.5) is 13.2 Å². The van der Waals surface area contributed by atoms with Gasteiger partial charge in [-0.1, -0.05) is 25.1 Å². The number of allylic oxidation sites excluding steroid dienone is 2. The van der Waals surface area contributed by atoms with E-state index in [4.69, 9.17) is 16.3 Å². The summed E-state index contributed by atoms with van der Waals surface area (Å²) in [6, 6.07) is 5.11. The van der Waals surface area contributed by atoms with Gasteiger partial charge in [-0.25, -0.2) is 0 Å². The van der Waals surface area contributed by atoms with Gasteiger partial charge in [-0.15, -0.1) is 11.6 Å². The highest BCUT2D eigenvalue weighted by atomic mass is 35.5. The Morgan fingerprint density at radius 3 is 2.73 bits per heavy atom. The lowest BCUT2D eigenvalue weighted by molar-refractivity contribution is -0.0890. The molecule has 0 aromatic heterocycles. The van der Waals surface area contributed by atoms with E-state index in [-0.39, 0.29) is 5.56 Å². The Balaban J connectivity index is 2.15. The molecular formula is C16H12ClF3O2. The predicted molar refractivity (Wildman–Crippen MR) is 76.4 cm³/mol. The molecule has 0 saturated heterocycles. The molecule has 0 radical (unpaired) electrons. The Morgan fingerprint density at radius 2 is 2.09 bits per heavy atom. The first-order valence-corrected chi connectivity index (χ1v) is 7.15. The second-order valence-corrected chi connectivity index (χ2v) is 5.86. The number of halogens is 4. The lowest BCUT2D eigenvalue weighted by Crippen LogP contribution is -2.50. The monoisotopic (exact) mass is 328 g/mol. The summed E-state index contributed by atoms with van der Waals surface area (Å²) in [5.74, 6) is -0.192. The van der Waals surface area contributed by atoms with Crippen molar-refractivity contribution in [2.24, 2.45) is 0 Å². The third-order valence-corrected chi connectivity index (χ3v) is 4.38. The molecule has 6 heteroatoms. The number of hydrogen-bond acceptors (Lipinski definition) is 2. The highest BCUT2D eigenvalue weighted by Crippen LogP contribution is 2.44. The van der Waals surface area contributed by atoms with Crippen LogP contribution in [0.25, 0.3) is 0 Å². The standard InChI is InChI=1S/C16H12ClF3O2/c1-2-9-4-3-5-11-13(9)14(21)15(17)8-10(16(18,19)20)6-7-12(15)22-11/h3-8,12H,2H2,1H3. The Labute approximate surface area is 130 Å². The van der Waals surface area contributed by atoms with E-state index in [0.29, 0.717) is 17.7 Å². The normalized spacial score (nSPS) is 26.9. The quantitative estimate of drug-likeness (QED) is 0.721. The van der Waals surface area contributed by atoms with Gasteiger partial charge in [0.1, 0.15) is 11.9 Å². The first-order valence-electron chi connectivity index (χ1n) is 6.78. The van der Waals surface area contributed by atoms with Gasteiger partial charge in [-0.3, -0.25) is 4.79 Å². The number of Topliss-reactive ketones (excluding diaryl/α,β-unsaturated/α-hetero) is 1. The van der Waals surface area contributed by atoms with Crippen LogP contribution < -0.4 is 4.74 Å². The molecule has 2 atom stereocenters. The number of aryl methyl sites for hydroxylation is 1. The molecule has 2 aliphatic rings. The maximum Gasteiger partial charge on any atom is 0.416 e. The molecule has 1 heterocycles. The van der Waals surface area contributed by atoms with Crippen LogP contribution in [0, 0.1) is 0 Å².